The Morgan fingerprint density at radius 2 is 1.85 bits per heavy atom. The van der Waals surface area contributed by atoms with Crippen LogP contribution in [0.3, 0.4) is 0 Å². The zero-order valence-electron chi connectivity index (χ0n) is 12.8. The summed E-state index contributed by atoms with van der Waals surface area (Å²) in [6.07, 6.45) is -0.385. The number of hydrogen-bond donors (Lipinski definition) is 1. The van der Waals surface area contributed by atoms with Gasteiger partial charge in [-0.25, -0.2) is 4.79 Å². The molecule has 0 fully saturated rings. The van der Waals surface area contributed by atoms with Crippen LogP contribution in [0.25, 0.3) is 0 Å². The highest BCUT2D eigenvalue weighted by atomic mass is 16.6. The summed E-state index contributed by atoms with van der Waals surface area (Å²) in [6, 6.07) is 7.27. The van der Waals surface area contributed by atoms with E-state index in [9.17, 15) is 4.79 Å². The molecule has 1 atom stereocenters. The topological polar surface area (TPSA) is 64.8 Å². The summed E-state index contributed by atoms with van der Waals surface area (Å²) in [6.45, 7) is 5.83. The molecule has 0 aromatic heterocycles. The summed E-state index contributed by atoms with van der Waals surface area (Å²) in [5.41, 5.74) is 6.22. The number of carbonyl (C=O) groups is 1. The molecule has 1 rings (SSSR count). The summed E-state index contributed by atoms with van der Waals surface area (Å²) in [7, 11) is 3.30. The monoisotopic (exact) mass is 280 g/mol. The van der Waals surface area contributed by atoms with Crippen molar-refractivity contribution < 1.29 is 14.3 Å². The number of nitrogens with two attached hydrogens (primary N) is 1. The van der Waals surface area contributed by atoms with Gasteiger partial charge in [-0.2, -0.15) is 0 Å². The molecule has 1 unspecified atom stereocenters. The van der Waals surface area contributed by atoms with E-state index in [0.29, 0.717) is 6.54 Å². The zero-order chi connectivity index (χ0) is 15.3. The van der Waals surface area contributed by atoms with Gasteiger partial charge in [-0.3, -0.25) is 0 Å². The summed E-state index contributed by atoms with van der Waals surface area (Å²) in [5, 5.41) is 0. The molecule has 1 aromatic rings. The molecule has 5 heteroatoms. The van der Waals surface area contributed by atoms with Gasteiger partial charge in [0.2, 0.25) is 0 Å². The molecular weight excluding hydrogens is 256 g/mol. The van der Waals surface area contributed by atoms with Crippen LogP contribution in [0.15, 0.2) is 24.3 Å². The molecule has 0 aliphatic carbocycles. The Labute approximate surface area is 120 Å². The fraction of sp³-hybridized carbons (Fsp3) is 0.533. The maximum Gasteiger partial charge on any atom is 0.410 e. The van der Waals surface area contributed by atoms with Crippen molar-refractivity contribution in [2.24, 2.45) is 5.73 Å². The van der Waals surface area contributed by atoms with Gasteiger partial charge >= 0.3 is 6.09 Å². The molecule has 0 aliphatic rings. The predicted molar refractivity (Wildman–Crippen MR) is 78.8 cm³/mol. The van der Waals surface area contributed by atoms with E-state index in [4.69, 9.17) is 15.2 Å². The van der Waals surface area contributed by atoms with E-state index in [1.54, 1.807) is 14.2 Å². The highest BCUT2D eigenvalue weighted by Gasteiger charge is 2.25. The van der Waals surface area contributed by atoms with Crippen molar-refractivity contribution in [2.75, 3.05) is 20.7 Å². The lowest BCUT2D eigenvalue weighted by Gasteiger charge is -2.30. The third-order valence-corrected chi connectivity index (χ3v) is 2.87. The van der Waals surface area contributed by atoms with Gasteiger partial charge in [0.25, 0.3) is 0 Å². The Morgan fingerprint density at radius 3 is 2.25 bits per heavy atom. The fourth-order valence-corrected chi connectivity index (χ4v) is 1.81. The number of amides is 1. The molecule has 0 heterocycles. The Morgan fingerprint density at radius 1 is 1.30 bits per heavy atom. The summed E-state index contributed by atoms with van der Waals surface area (Å²) in [4.78, 5) is 13.6. The molecule has 0 aliphatic heterocycles. The summed E-state index contributed by atoms with van der Waals surface area (Å²) in [5.74, 6) is 0.768. The lowest BCUT2D eigenvalue weighted by Crippen LogP contribution is -2.39. The van der Waals surface area contributed by atoms with Crippen molar-refractivity contribution in [1.29, 1.82) is 0 Å². The van der Waals surface area contributed by atoms with E-state index in [1.807, 2.05) is 45.0 Å². The second-order valence-corrected chi connectivity index (χ2v) is 5.62. The summed E-state index contributed by atoms with van der Waals surface area (Å²) >= 11 is 0. The van der Waals surface area contributed by atoms with Gasteiger partial charge in [0, 0.05) is 13.6 Å². The van der Waals surface area contributed by atoms with E-state index in [2.05, 4.69) is 0 Å². The third-order valence-electron chi connectivity index (χ3n) is 2.87. The maximum absolute atomic E-state index is 12.1. The van der Waals surface area contributed by atoms with E-state index >= 15 is 0 Å². The lowest BCUT2D eigenvalue weighted by atomic mass is 10.1. The highest BCUT2D eigenvalue weighted by molar-refractivity contribution is 5.68. The maximum atomic E-state index is 12.1. The number of hydrogen-bond acceptors (Lipinski definition) is 4. The molecule has 0 bridgehead atoms. The first-order valence-electron chi connectivity index (χ1n) is 6.58. The molecule has 0 radical (unpaired) electrons. The van der Waals surface area contributed by atoms with Gasteiger partial charge < -0.3 is 20.1 Å². The number of rotatable bonds is 4. The molecule has 1 amide bonds. The molecule has 20 heavy (non-hydrogen) atoms. The van der Waals surface area contributed by atoms with Gasteiger partial charge in [-0.1, -0.05) is 12.1 Å². The second-order valence-electron chi connectivity index (χ2n) is 5.62. The molecule has 0 saturated heterocycles. The van der Waals surface area contributed by atoms with Crippen molar-refractivity contribution in [2.45, 2.75) is 32.4 Å². The SMILES string of the molecule is COc1ccc(C(CN)N(C)C(=O)OC(C)(C)C)cc1. The first kappa shape index (κ1) is 16.3. The van der Waals surface area contributed by atoms with Crippen LogP contribution in [0.1, 0.15) is 32.4 Å². The molecule has 5 nitrogen and oxygen atoms in total. The van der Waals surface area contributed by atoms with Crippen LogP contribution in [0.5, 0.6) is 5.75 Å². The number of ether oxygens (including phenoxy) is 2. The van der Waals surface area contributed by atoms with Crippen LogP contribution in [-0.4, -0.2) is 37.3 Å². The Kier molecular flexibility index (Phi) is 5.39. The molecule has 0 spiro atoms. The Bertz CT molecular complexity index is 437. The van der Waals surface area contributed by atoms with E-state index in [0.717, 1.165) is 11.3 Å². The molecule has 112 valence electrons. The number of carbonyl (C=O) groups excluding carboxylic acids is 1. The molecular formula is C15H24N2O3. The number of methoxy groups -OCH3 is 1. The minimum absolute atomic E-state index is 0.226. The van der Waals surface area contributed by atoms with Crippen molar-refractivity contribution in [3.8, 4) is 5.75 Å². The molecule has 2 N–H and O–H groups in total. The van der Waals surface area contributed by atoms with Crippen molar-refractivity contribution in [1.82, 2.24) is 4.90 Å². The average molecular weight is 280 g/mol. The molecule has 0 saturated carbocycles. The van der Waals surface area contributed by atoms with Gasteiger partial charge in [-0.05, 0) is 38.5 Å². The van der Waals surface area contributed by atoms with E-state index in [1.165, 1.54) is 4.90 Å². The zero-order valence-corrected chi connectivity index (χ0v) is 12.8. The first-order valence-corrected chi connectivity index (χ1v) is 6.58. The van der Waals surface area contributed by atoms with E-state index in [-0.39, 0.29) is 12.1 Å². The highest BCUT2D eigenvalue weighted by Crippen LogP contribution is 2.23. The van der Waals surface area contributed by atoms with Crippen LogP contribution in [0, 0.1) is 0 Å². The quantitative estimate of drug-likeness (QED) is 0.920. The predicted octanol–water partition coefficient (Wildman–Crippen LogP) is 2.56. The minimum Gasteiger partial charge on any atom is -0.497 e. The number of likely N-dealkylation sites (N-methyl/N-ethyl adjacent to an activating group) is 1. The van der Waals surface area contributed by atoms with E-state index < -0.39 is 5.60 Å². The second kappa shape index (κ2) is 6.61. The van der Waals surface area contributed by atoms with Gasteiger partial charge in [0.05, 0.1) is 13.2 Å². The summed E-state index contributed by atoms with van der Waals surface area (Å²) < 4.78 is 10.5. The van der Waals surface area contributed by atoms with Gasteiger partial charge in [0.15, 0.2) is 0 Å². The number of benzene rings is 1. The van der Waals surface area contributed by atoms with Crippen LogP contribution >= 0.6 is 0 Å². The van der Waals surface area contributed by atoms with Crippen molar-refractivity contribution in [3.63, 3.8) is 0 Å². The number of nitrogens with zero attached hydrogens (tertiary/aromatic N) is 1. The fourth-order valence-electron chi connectivity index (χ4n) is 1.81. The third kappa shape index (κ3) is 4.42. The van der Waals surface area contributed by atoms with Gasteiger partial charge in [0.1, 0.15) is 11.4 Å². The van der Waals surface area contributed by atoms with Crippen LogP contribution in [-0.2, 0) is 4.74 Å². The van der Waals surface area contributed by atoms with Crippen LogP contribution < -0.4 is 10.5 Å². The van der Waals surface area contributed by atoms with Gasteiger partial charge in [-0.15, -0.1) is 0 Å². The molecule has 1 aromatic carbocycles. The smallest absolute Gasteiger partial charge is 0.410 e. The van der Waals surface area contributed by atoms with Crippen LogP contribution in [0.4, 0.5) is 4.79 Å². The lowest BCUT2D eigenvalue weighted by molar-refractivity contribution is 0.0225. The largest absolute Gasteiger partial charge is 0.497 e. The van der Waals surface area contributed by atoms with Crippen molar-refractivity contribution >= 4 is 6.09 Å². The Balaban J connectivity index is 2.85. The standard InChI is InChI=1S/C15H24N2O3/c1-15(2,3)20-14(18)17(4)13(10-16)11-6-8-12(19-5)9-7-11/h6-9,13H,10,16H2,1-5H3. The van der Waals surface area contributed by atoms with Crippen molar-refractivity contribution in [3.05, 3.63) is 29.8 Å². The average Bonchev–Trinajstić information content (AvgIpc) is 2.38. The minimum atomic E-state index is -0.523. The normalized spacial score (nSPS) is 12.7. The Hall–Kier alpha value is -1.75. The first-order chi connectivity index (χ1) is 9.28. The van der Waals surface area contributed by atoms with Crippen LogP contribution in [0.2, 0.25) is 0 Å².